The summed E-state index contributed by atoms with van der Waals surface area (Å²) in [5, 5.41) is 9.32. The zero-order valence-corrected chi connectivity index (χ0v) is 6.29. The second-order valence-electron chi connectivity index (χ2n) is 2.74. The molecule has 0 radical (unpaired) electrons. The summed E-state index contributed by atoms with van der Waals surface area (Å²) in [6, 6.07) is 0. The Balaban J connectivity index is 2.10. The Morgan fingerprint density at radius 1 is 1.80 bits per heavy atom. The Morgan fingerprint density at radius 3 is 2.80 bits per heavy atom. The standard InChI is InChI=1S/C8H14O2/c1-3-4-5-7(9)8-6(2)10-8/h3,6-9H,1,4-5H2,2H3/t6-,7-,8+/m1/s1. The van der Waals surface area contributed by atoms with E-state index in [0.29, 0.717) is 0 Å². The molecule has 0 aromatic carbocycles. The Labute approximate surface area is 61.5 Å². The molecule has 3 atom stereocenters. The molecule has 58 valence electrons. The second kappa shape index (κ2) is 3.17. The van der Waals surface area contributed by atoms with E-state index in [4.69, 9.17) is 4.74 Å². The van der Waals surface area contributed by atoms with E-state index < -0.39 is 0 Å². The molecule has 1 aliphatic heterocycles. The maximum atomic E-state index is 9.32. The van der Waals surface area contributed by atoms with Gasteiger partial charge in [-0.05, 0) is 19.8 Å². The first-order valence-corrected chi connectivity index (χ1v) is 3.70. The van der Waals surface area contributed by atoms with Gasteiger partial charge < -0.3 is 9.84 Å². The number of aliphatic hydroxyl groups excluding tert-OH is 1. The zero-order valence-electron chi connectivity index (χ0n) is 6.29. The largest absolute Gasteiger partial charge is 0.390 e. The Bertz CT molecular complexity index is 122. The SMILES string of the molecule is C=CCC[C@@H](O)[C@H]1O[C@@H]1C. The molecule has 0 aromatic heterocycles. The molecule has 0 amide bonds. The van der Waals surface area contributed by atoms with Crippen molar-refractivity contribution in [2.75, 3.05) is 0 Å². The summed E-state index contributed by atoms with van der Waals surface area (Å²) in [4.78, 5) is 0. The summed E-state index contributed by atoms with van der Waals surface area (Å²) in [7, 11) is 0. The molecule has 0 spiro atoms. The van der Waals surface area contributed by atoms with Crippen LogP contribution in [0.15, 0.2) is 12.7 Å². The van der Waals surface area contributed by atoms with Crippen LogP contribution >= 0.6 is 0 Å². The lowest BCUT2D eigenvalue weighted by molar-refractivity contribution is 0.127. The first-order chi connectivity index (χ1) is 4.75. The lowest BCUT2D eigenvalue weighted by atomic mass is 10.1. The van der Waals surface area contributed by atoms with Gasteiger partial charge in [0, 0.05) is 0 Å². The number of hydrogen-bond acceptors (Lipinski definition) is 2. The van der Waals surface area contributed by atoms with Gasteiger partial charge in [-0.25, -0.2) is 0 Å². The summed E-state index contributed by atoms with van der Waals surface area (Å²) in [6.45, 7) is 5.55. The van der Waals surface area contributed by atoms with E-state index in [2.05, 4.69) is 6.58 Å². The number of epoxide rings is 1. The van der Waals surface area contributed by atoms with Crippen molar-refractivity contribution >= 4 is 0 Å². The van der Waals surface area contributed by atoms with Gasteiger partial charge in [0.15, 0.2) is 0 Å². The van der Waals surface area contributed by atoms with Crippen LogP contribution in [0, 0.1) is 0 Å². The lowest BCUT2D eigenvalue weighted by Gasteiger charge is -2.03. The zero-order chi connectivity index (χ0) is 7.56. The first-order valence-electron chi connectivity index (χ1n) is 3.70. The highest BCUT2D eigenvalue weighted by molar-refractivity contribution is 4.88. The van der Waals surface area contributed by atoms with Gasteiger partial charge in [0.05, 0.1) is 12.2 Å². The highest BCUT2D eigenvalue weighted by Gasteiger charge is 2.39. The molecule has 1 rings (SSSR count). The molecular weight excluding hydrogens is 128 g/mol. The van der Waals surface area contributed by atoms with Crippen molar-refractivity contribution in [2.45, 2.75) is 38.1 Å². The molecule has 0 saturated carbocycles. The van der Waals surface area contributed by atoms with Crippen molar-refractivity contribution in [3.63, 3.8) is 0 Å². The average molecular weight is 142 g/mol. The normalized spacial score (nSPS) is 33.4. The topological polar surface area (TPSA) is 32.8 Å². The van der Waals surface area contributed by atoms with Crippen LogP contribution in [0.3, 0.4) is 0 Å². The van der Waals surface area contributed by atoms with E-state index in [0.717, 1.165) is 12.8 Å². The molecule has 1 N–H and O–H groups in total. The van der Waals surface area contributed by atoms with Gasteiger partial charge in [0.1, 0.15) is 6.10 Å². The minimum atomic E-state index is -0.284. The van der Waals surface area contributed by atoms with Crippen LogP contribution in [0.5, 0.6) is 0 Å². The van der Waals surface area contributed by atoms with Gasteiger partial charge in [-0.1, -0.05) is 6.08 Å². The summed E-state index contributed by atoms with van der Waals surface area (Å²) in [5.74, 6) is 0. The van der Waals surface area contributed by atoms with E-state index in [1.807, 2.05) is 13.0 Å². The highest BCUT2D eigenvalue weighted by Crippen LogP contribution is 2.26. The molecule has 1 aliphatic rings. The van der Waals surface area contributed by atoms with E-state index in [1.165, 1.54) is 0 Å². The fourth-order valence-corrected chi connectivity index (χ4v) is 1.06. The number of rotatable bonds is 4. The van der Waals surface area contributed by atoms with Crippen molar-refractivity contribution in [1.82, 2.24) is 0 Å². The number of allylic oxidation sites excluding steroid dienone is 1. The third kappa shape index (κ3) is 1.82. The fourth-order valence-electron chi connectivity index (χ4n) is 1.06. The molecule has 2 nitrogen and oxygen atoms in total. The van der Waals surface area contributed by atoms with Crippen molar-refractivity contribution in [3.05, 3.63) is 12.7 Å². The fraction of sp³-hybridized carbons (Fsp3) is 0.750. The molecule has 1 saturated heterocycles. The van der Waals surface area contributed by atoms with Crippen LogP contribution in [-0.2, 0) is 4.74 Å². The average Bonchev–Trinajstić information content (AvgIpc) is 2.62. The number of hydrogen-bond donors (Lipinski definition) is 1. The van der Waals surface area contributed by atoms with Crippen molar-refractivity contribution in [3.8, 4) is 0 Å². The van der Waals surface area contributed by atoms with Crippen LogP contribution in [0.1, 0.15) is 19.8 Å². The third-order valence-corrected chi connectivity index (χ3v) is 1.80. The highest BCUT2D eigenvalue weighted by atomic mass is 16.6. The molecule has 0 aromatic rings. The summed E-state index contributed by atoms with van der Waals surface area (Å²) >= 11 is 0. The molecule has 0 unspecified atom stereocenters. The van der Waals surface area contributed by atoms with Crippen LogP contribution in [0.2, 0.25) is 0 Å². The number of ether oxygens (including phenoxy) is 1. The van der Waals surface area contributed by atoms with E-state index in [1.54, 1.807) is 0 Å². The minimum absolute atomic E-state index is 0.0972. The van der Waals surface area contributed by atoms with Gasteiger partial charge >= 0.3 is 0 Å². The van der Waals surface area contributed by atoms with E-state index >= 15 is 0 Å². The lowest BCUT2D eigenvalue weighted by Crippen LogP contribution is -2.15. The quantitative estimate of drug-likeness (QED) is 0.471. The maximum Gasteiger partial charge on any atom is 0.110 e. The summed E-state index contributed by atoms with van der Waals surface area (Å²) < 4.78 is 5.09. The first kappa shape index (κ1) is 7.76. The minimum Gasteiger partial charge on any atom is -0.390 e. The van der Waals surface area contributed by atoms with E-state index in [-0.39, 0.29) is 18.3 Å². The van der Waals surface area contributed by atoms with Gasteiger partial charge in [-0.2, -0.15) is 0 Å². The molecule has 0 bridgehead atoms. The Hall–Kier alpha value is -0.340. The Morgan fingerprint density at radius 2 is 2.40 bits per heavy atom. The van der Waals surface area contributed by atoms with Crippen molar-refractivity contribution < 1.29 is 9.84 Å². The van der Waals surface area contributed by atoms with Gasteiger partial charge in [0.25, 0.3) is 0 Å². The molecule has 0 aliphatic carbocycles. The van der Waals surface area contributed by atoms with Crippen LogP contribution < -0.4 is 0 Å². The van der Waals surface area contributed by atoms with Gasteiger partial charge in [-0.15, -0.1) is 6.58 Å². The number of aliphatic hydroxyl groups is 1. The molecule has 2 heteroatoms. The van der Waals surface area contributed by atoms with Gasteiger partial charge in [-0.3, -0.25) is 0 Å². The van der Waals surface area contributed by atoms with Gasteiger partial charge in [0.2, 0.25) is 0 Å². The molecule has 10 heavy (non-hydrogen) atoms. The molecular formula is C8H14O2. The second-order valence-corrected chi connectivity index (χ2v) is 2.74. The summed E-state index contributed by atoms with van der Waals surface area (Å²) in [5.41, 5.74) is 0. The monoisotopic (exact) mass is 142 g/mol. The predicted molar refractivity (Wildman–Crippen MR) is 39.8 cm³/mol. The van der Waals surface area contributed by atoms with Crippen LogP contribution in [0.25, 0.3) is 0 Å². The van der Waals surface area contributed by atoms with Crippen molar-refractivity contribution in [1.29, 1.82) is 0 Å². The van der Waals surface area contributed by atoms with Crippen LogP contribution in [0.4, 0.5) is 0 Å². The molecule has 1 heterocycles. The smallest absolute Gasteiger partial charge is 0.110 e. The maximum absolute atomic E-state index is 9.32. The third-order valence-electron chi connectivity index (χ3n) is 1.80. The van der Waals surface area contributed by atoms with Crippen LogP contribution in [-0.4, -0.2) is 23.4 Å². The van der Waals surface area contributed by atoms with Crippen molar-refractivity contribution in [2.24, 2.45) is 0 Å². The predicted octanol–water partition coefficient (Wildman–Crippen LogP) is 1.10. The Kier molecular flexibility index (Phi) is 2.46. The van der Waals surface area contributed by atoms with E-state index in [9.17, 15) is 5.11 Å². The molecule has 1 fully saturated rings. The summed E-state index contributed by atoms with van der Waals surface area (Å²) in [6.07, 6.45) is 3.54.